The smallest absolute Gasteiger partial charge is 0.407 e. The fourth-order valence-electron chi connectivity index (χ4n) is 10.5. The molecule has 4 heterocycles. The minimum atomic E-state index is -3.56. The number of carbonyl (C=O) groups excluding carboxylic acids is 10. The van der Waals surface area contributed by atoms with Crippen molar-refractivity contribution in [3.05, 3.63) is 136 Å². The molecule has 0 radical (unpaired) electrons. The van der Waals surface area contributed by atoms with Gasteiger partial charge in [-0.1, -0.05) is 64.4 Å². The van der Waals surface area contributed by atoms with Gasteiger partial charge in [0.25, 0.3) is 29.6 Å². The first-order valence-electron chi connectivity index (χ1n) is 31.2. The summed E-state index contributed by atoms with van der Waals surface area (Å²) in [4.78, 5) is 142. The molecule has 0 spiro atoms. The number of amidine groups is 1. The zero-order valence-electron chi connectivity index (χ0n) is 52.7. The molecule has 11 amide bonds. The summed E-state index contributed by atoms with van der Waals surface area (Å²) in [7, 11) is 0. The average molecular weight is 1290 g/mol. The molecule has 0 saturated heterocycles. The predicted molar refractivity (Wildman–Crippen MR) is 344 cm³/mol. The number of rotatable bonds is 32. The van der Waals surface area contributed by atoms with Gasteiger partial charge in [0.05, 0.1) is 30.7 Å². The first-order chi connectivity index (χ1) is 44.5. The predicted octanol–water partition coefficient (Wildman–Crippen LogP) is 6.11. The molecule has 11 N–H and O–H groups in total. The van der Waals surface area contributed by atoms with E-state index in [0.717, 1.165) is 34.6 Å². The summed E-state index contributed by atoms with van der Waals surface area (Å²) in [6.07, 6.45) is 9.05. The van der Waals surface area contributed by atoms with Gasteiger partial charge in [0.15, 0.2) is 0 Å². The number of pyridine rings is 1. The molecule has 3 aliphatic rings. The summed E-state index contributed by atoms with van der Waals surface area (Å²) in [5, 5.41) is 17.8. The molecular formula is C66H82F2N14O11. The van der Waals surface area contributed by atoms with E-state index in [9.17, 15) is 56.7 Å². The van der Waals surface area contributed by atoms with E-state index >= 15 is 0 Å². The maximum Gasteiger partial charge on any atom is 0.407 e. The van der Waals surface area contributed by atoms with Gasteiger partial charge in [-0.05, 0) is 110 Å². The first kappa shape index (κ1) is 70.5. The van der Waals surface area contributed by atoms with Gasteiger partial charge < -0.3 is 58.3 Å². The summed E-state index contributed by atoms with van der Waals surface area (Å²) < 4.78 is 35.1. The molecule has 3 aromatic carbocycles. The number of halogens is 2. The number of benzene rings is 3. The molecule has 3 aliphatic heterocycles. The lowest BCUT2D eigenvalue weighted by atomic mass is 10.0. The minimum absolute atomic E-state index is 0.0677. The Balaban J connectivity index is 0.815. The number of primary amides is 1. The van der Waals surface area contributed by atoms with Gasteiger partial charge in [0.1, 0.15) is 24.5 Å². The van der Waals surface area contributed by atoms with Crippen molar-refractivity contribution in [1.82, 2.24) is 46.3 Å². The number of hydrogen-bond donors (Lipinski definition) is 9. The number of amides is 11. The van der Waals surface area contributed by atoms with Crippen LogP contribution in [0.1, 0.15) is 134 Å². The van der Waals surface area contributed by atoms with Gasteiger partial charge >= 0.3 is 12.1 Å². The number of nitrogens with two attached hydrogens (primary N) is 2. The van der Waals surface area contributed by atoms with Crippen LogP contribution in [-0.2, 0) is 59.6 Å². The van der Waals surface area contributed by atoms with Gasteiger partial charge in [0.2, 0.25) is 23.6 Å². The van der Waals surface area contributed by atoms with Gasteiger partial charge in [-0.3, -0.25) is 53.1 Å². The number of nitrogens with zero attached hydrogens (tertiary/aromatic N) is 5. The number of unbranched alkanes of at least 4 members (excludes halogenated alkanes) is 2. The number of alkyl carbamates (subject to hydrolysis) is 1. The number of fused-ring (bicyclic) bond motifs is 2. The lowest BCUT2D eigenvalue weighted by Gasteiger charge is -2.28. The third kappa shape index (κ3) is 21.6. The highest BCUT2D eigenvalue weighted by Crippen LogP contribution is 2.30. The number of urea groups is 1. The fourth-order valence-corrected chi connectivity index (χ4v) is 10.5. The van der Waals surface area contributed by atoms with E-state index in [-0.39, 0.29) is 86.3 Å². The molecule has 0 bridgehead atoms. The number of carbonyl (C=O) groups is 10. The minimum Gasteiger partial charge on any atom is -0.445 e. The van der Waals surface area contributed by atoms with E-state index in [1.165, 1.54) is 48.6 Å². The zero-order chi connectivity index (χ0) is 67.2. The quantitative estimate of drug-likeness (QED) is 0.0197. The average Bonchev–Trinajstić information content (AvgIpc) is 1.81. The Kier molecular flexibility index (Phi) is 25.7. The van der Waals surface area contributed by atoms with Crippen LogP contribution in [0.15, 0.2) is 102 Å². The van der Waals surface area contributed by atoms with E-state index < -0.39 is 66.8 Å². The third-order valence-corrected chi connectivity index (χ3v) is 15.4. The van der Waals surface area contributed by atoms with Crippen molar-refractivity contribution in [2.75, 3.05) is 56.4 Å². The van der Waals surface area contributed by atoms with Gasteiger partial charge in [-0.25, -0.2) is 23.4 Å². The Labute approximate surface area is 538 Å². The standard InChI is InChI=1S/C66H82F2N14O11/c1-5-27-81(28-6-2)63(90)47-31-45-19-20-46(33-53(45)77-54(69)34-47)60(87)76-50-32-48-37-80(30-25-51(48)72-35-50)36-42-13-17-44(18-14-42)59(86)73-39-66(67,68)40-74-65(92)93-38-43-15-21-49(22-16-43)75-61(88)52(11-10-26-71-64(70)91)78-62(89)58(41(3)4)79-55(83)12-8-7-9-29-82-56(84)23-24-57(82)85/h13-24,31-33,35,41,52,58H,5-12,25-30,34,36-40H2,1-4H3,(H2,69,77)(H,73,86)(H,74,92)(H,75,88)(H,76,87)(H,78,89)(H,79,83)(H3,70,71,91)/t52-,58-/m0/s1. The van der Waals surface area contributed by atoms with E-state index in [4.69, 9.17) is 16.2 Å². The molecule has 25 nitrogen and oxygen atoms in total. The molecule has 0 unspecified atom stereocenters. The van der Waals surface area contributed by atoms with Gasteiger partial charge in [-0.2, -0.15) is 0 Å². The lowest BCUT2D eigenvalue weighted by Crippen LogP contribution is -2.54. The maximum absolute atomic E-state index is 15.0. The van der Waals surface area contributed by atoms with Crippen LogP contribution in [0.25, 0.3) is 6.08 Å². The van der Waals surface area contributed by atoms with Crippen LogP contribution >= 0.6 is 0 Å². The van der Waals surface area contributed by atoms with Crippen LogP contribution in [0.2, 0.25) is 0 Å². The number of aromatic nitrogens is 1. The van der Waals surface area contributed by atoms with Gasteiger partial charge in [-0.15, -0.1) is 0 Å². The maximum atomic E-state index is 15.0. The molecule has 0 saturated carbocycles. The van der Waals surface area contributed by atoms with Crippen molar-refractivity contribution in [2.45, 2.75) is 130 Å². The Hall–Kier alpha value is -9.92. The molecule has 0 aliphatic carbocycles. The van der Waals surface area contributed by atoms with Crippen molar-refractivity contribution < 1.29 is 61.5 Å². The second kappa shape index (κ2) is 33.9. The summed E-state index contributed by atoms with van der Waals surface area (Å²) in [6, 6.07) is 16.6. The van der Waals surface area contributed by atoms with Gasteiger partial charge in [0, 0.05) is 111 Å². The molecule has 0 fully saturated rings. The van der Waals surface area contributed by atoms with Crippen LogP contribution < -0.4 is 48.7 Å². The van der Waals surface area contributed by atoms with Crippen LogP contribution in [-0.4, -0.2) is 149 Å². The SMILES string of the molecule is CCCN(CCC)C(=O)C1=Cc2ccc(C(=O)Nc3cnc4c(c3)CN(Cc3ccc(C(=O)NCC(F)(F)CNC(=O)OCc5ccc(NC(=O)[C@H](CCCNC(N)=O)NC(=O)[C@@H](NC(=O)CCCCCN6C(=O)C=CC6=O)C(C)C)cc5)cc3)CC4)cc2N=C(N)C1. The second-order valence-corrected chi connectivity index (χ2v) is 23.4. The van der Waals surface area contributed by atoms with Crippen LogP contribution in [0, 0.1) is 5.92 Å². The Morgan fingerprint density at radius 3 is 2.14 bits per heavy atom. The van der Waals surface area contributed by atoms with Crippen molar-refractivity contribution in [3.63, 3.8) is 0 Å². The van der Waals surface area contributed by atoms with Crippen molar-refractivity contribution in [1.29, 1.82) is 0 Å². The second-order valence-electron chi connectivity index (χ2n) is 23.4. The van der Waals surface area contributed by atoms with E-state index in [1.807, 2.05) is 30.1 Å². The topological polar surface area (TPSA) is 351 Å². The number of nitrogens with one attached hydrogen (secondary N) is 7. The molecule has 27 heteroatoms. The van der Waals surface area contributed by atoms with Crippen molar-refractivity contribution in [3.8, 4) is 0 Å². The summed E-state index contributed by atoms with van der Waals surface area (Å²) in [5.74, 6) is -7.27. The largest absolute Gasteiger partial charge is 0.445 e. The number of aliphatic imine (C=N–C) groups is 1. The summed E-state index contributed by atoms with van der Waals surface area (Å²) in [6.45, 7) is 8.27. The van der Waals surface area contributed by atoms with E-state index in [1.54, 1.807) is 56.5 Å². The molecule has 93 heavy (non-hydrogen) atoms. The third-order valence-electron chi connectivity index (χ3n) is 15.4. The van der Waals surface area contributed by atoms with E-state index in [0.29, 0.717) is 97.7 Å². The number of anilines is 2. The molecule has 2 atom stereocenters. The van der Waals surface area contributed by atoms with E-state index in [2.05, 4.69) is 46.8 Å². The molecule has 1 aromatic heterocycles. The molecule has 496 valence electrons. The normalized spacial score (nSPS) is 14.3. The first-order valence-corrected chi connectivity index (χ1v) is 31.2. The van der Waals surface area contributed by atoms with Crippen LogP contribution in [0.3, 0.4) is 0 Å². The van der Waals surface area contributed by atoms with Crippen molar-refractivity contribution >= 4 is 88.4 Å². The summed E-state index contributed by atoms with van der Waals surface area (Å²) in [5.41, 5.74) is 17.6. The molecule has 4 aromatic rings. The Morgan fingerprint density at radius 2 is 1.45 bits per heavy atom. The fraction of sp³-hybridized carbons (Fsp3) is 0.424. The zero-order valence-corrected chi connectivity index (χ0v) is 52.7. The monoisotopic (exact) mass is 1280 g/mol. The van der Waals surface area contributed by atoms with Crippen molar-refractivity contribution in [2.24, 2.45) is 22.4 Å². The summed E-state index contributed by atoms with van der Waals surface area (Å²) >= 11 is 0. The number of alkyl halides is 2. The highest BCUT2D eigenvalue weighted by atomic mass is 19.3. The Bertz CT molecular complexity index is 3460. The number of hydrogen-bond acceptors (Lipinski definition) is 15. The molecular weight excluding hydrogens is 1200 g/mol. The number of ether oxygens (including phenoxy) is 1. The Morgan fingerprint density at radius 1 is 0.763 bits per heavy atom. The lowest BCUT2D eigenvalue weighted by molar-refractivity contribution is -0.137. The highest BCUT2D eigenvalue weighted by molar-refractivity contribution is 6.13. The number of imide groups is 1. The molecule has 7 rings (SSSR count). The van der Waals surface area contributed by atoms with Crippen LogP contribution in [0.5, 0.6) is 0 Å². The van der Waals surface area contributed by atoms with Crippen LogP contribution in [0.4, 0.5) is 35.4 Å². The highest BCUT2D eigenvalue weighted by Gasteiger charge is 2.32.